The van der Waals surface area contributed by atoms with Gasteiger partial charge in [-0.25, -0.2) is 0 Å². The summed E-state index contributed by atoms with van der Waals surface area (Å²) >= 11 is 0. The maximum atomic E-state index is 12.7. The fourth-order valence-corrected chi connectivity index (χ4v) is 3.66. The maximum Gasteiger partial charge on any atom is 0.232 e. The van der Waals surface area contributed by atoms with Crippen molar-refractivity contribution in [2.75, 3.05) is 18.4 Å². The van der Waals surface area contributed by atoms with E-state index in [9.17, 15) is 9.59 Å². The second-order valence-electron chi connectivity index (χ2n) is 7.48. The van der Waals surface area contributed by atoms with Crippen LogP contribution >= 0.6 is 0 Å². The first-order chi connectivity index (χ1) is 12.4. The second-order valence-corrected chi connectivity index (χ2v) is 7.48. The van der Waals surface area contributed by atoms with Gasteiger partial charge in [-0.3, -0.25) is 9.59 Å². The summed E-state index contributed by atoms with van der Waals surface area (Å²) in [5.41, 5.74) is 2.58. The normalized spacial score (nSPS) is 18.5. The number of piperidine rings is 1. The number of fused-ring (bicyclic) bond motifs is 1. The number of nitrogens with one attached hydrogen (secondary N) is 1. The minimum Gasteiger partial charge on any atom is -0.342 e. The Balaban J connectivity index is 1.38. The number of aryl methyl sites for hydroxylation is 1. The van der Waals surface area contributed by atoms with E-state index in [2.05, 4.69) is 22.4 Å². The Morgan fingerprint density at radius 3 is 2.81 bits per heavy atom. The van der Waals surface area contributed by atoms with Gasteiger partial charge in [0.05, 0.1) is 18.3 Å². The lowest BCUT2D eigenvalue weighted by Crippen LogP contribution is -2.44. The Labute approximate surface area is 151 Å². The van der Waals surface area contributed by atoms with E-state index >= 15 is 0 Å². The highest BCUT2D eigenvalue weighted by atomic mass is 16.5. The molecule has 26 heavy (non-hydrogen) atoms. The van der Waals surface area contributed by atoms with Crippen molar-refractivity contribution in [1.29, 1.82) is 0 Å². The predicted octanol–water partition coefficient (Wildman–Crippen LogP) is 2.00. The van der Waals surface area contributed by atoms with Crippen LogP contribution in [0.1, 0.15) is 42.6 Å². The molecule has 3 heterocycles. The molecule has 4 rings (SSSR count). The molecule has 0 bridgehead atoms. The smallest absolute Gasteiger partial charge is 0.232 e. The van der Waals surface area contributed by atoms with Crippen molar-refractivity contribution in [3.05, 3.63) is 41.0 Å². The van der Waals surface area contributed by atoms with Crippen molar-refractivity contribution in [3.63, 3.8) is 0 Å². The Bertz CT molecular complexity index is 865. The number of aromatic nitrogens is 2. The van der Waals surface area contributed by atoms with Gasteiger partial charge in [-0.05, 0) is 37.0 Å². The van der Waals surface area contributed by atoms with Gasteiger partial charge in [-0.2, -0.15) is 4.98 Å². The van der Waals surface area contributed by atoms with E-state index in [0.29, 0.717) is 37.6 Å². The van der Waals surface area contributed by atoms with Gasteiger partial charge < -0.3 is 14.7 Å². The number of carbonyl (C=O) groups is 2. The van der Waals surface area contributed by atoms with Gasteiger partial charge in [-0.15, -0.1) is 0 Å². The molecular weight excluding hydrogens is 332 g/mol. The Kier molecular flexibility index (Phi) is 4.01. The van der Waals surface area contributed by atoms with Crippen LogP contribution in [-0.2, 0) is 27.8 Å². The van der Waals surface area contributed by atoms with Crippen molar-refractivity contribution in [1.82, 2.24) is 15.0 Å². The molecule has 1 aromatic carbocycles. The number of hydrogen-bond acceptors (Lipinski definition) is 5. The summed E-state index contributed by atoms with van der Waals surface area (Å²) in [5.74, 6) is 1.42. The van der Waals surface area contributed by atoms with Crippen LogP contribution in [-0.4, -0.2) is 39.9 Å². The van der Waals surface area contributed by atoms with E-state index in [0.717, 1.165) is 29.7 Å². The minimum atomic E-state index is -0.171. The molecule has 1 N–H and O–H groups in total. The summed E-state index contributed by atoms with van der Waals surface area (Å²) in [5, 5.41) is 6.72. The topological polar surface area (TPSA) is 88.3 Å². The molecule has 2 aliphatic rings. The van der Waals surface area contributed by atoms with E-state index in [4.69, 9.17) is 4.52 Å². The van der Waals surface area contributed by atoms with E-state index in [1.165, 1.54) is 0 Å². The highest BCUT2D eigenvalue weighted by molar-refractivity contribution is 5.99. The minimum absolute atomic E-state index is 0.00931. The van der Waals surface area contributed by atoms with E-state index in [1.54, 1.807) is 0 Å². The summed E-state index contributed by atoms with van der Waals surface area (Å²) in [7, 11) is 0. The van der Waals surface area contributed by atoms with Crippen molar-refractivity contribution in [3.8, 4) is 0 Å². The van der Waals surface area contributed by atoms with Crippen molar-refractivity contribution in [2.24, 2.45) is 0 Å². The number of amides is 2. The number of anilines is 1. The van der Waals surface area contributed by atoms with Crippen LogP contribution in [0.15, 0.2) is 22.7 Å². The molecule has 1 saturated heterocycles. The molecule has 7 nitrogen and oxygen atoms in total. The molecule has 0 spiro atoms. The molecule has 2 amide bonds. The molecule has 0 saturated carbocycles. The SMILES string of the molecule is Cc1noc(C2(C)CCN(C(=O)Cc3ccc4c(c3)NC(=O)C4)CC2)n1. The fraction of sp³-hybridized carbons (Fsp3) is 0.474. The van der Waals surface area contributed by atoms with Gasteiger partial charge in [0, 0.05) is 18.8 Å². The lowest BCUT2D eigenvalue weighted by Gasteiger charge is -2.37. The van der Waals surface area contributed by atoms with Crippen LogP contribution in [0.25, 0.3) is 0 Å². The largest absolute Gasteiger partial charge is 0.342 e. The zero-order chi connectivity index (χ0) is 18.3. The standard InChI is InChI=1S/C19H22N4O3/c1-12-20-18(26-22-12)19(2)5-7-23(8-6-19)17(25)10-13-3-4-14-11-16(24)21-15(14)9-13/h3-4,9H,5-8,10-11H2,1-2H3,(H,21,24). The first-order valence-corrected chi connectivity index (χ1v) is 8.93. The number of carbonyl (C=O) groups excluding carboxylic acids is 2. The highest BCUT2D eigenvalue weighted by Crippen LogP contribution is 2.34. The van der Waals surface area contributed by atoms with Crippen LogP contribution in [0.5, 0.6) is 0 Å². The highest BCUT2D eigenvalue weighted by Gasteiger charge is 2.37. The Morgan fingerprint density at radius 1 is 1.35 bits per heavy atom. The van der Waals surface area contributed by atoms with Gasteiger partial charge in [-0.1, -0.05) is 24.2 Å². The molecule has 0 atom stereocenters. The first kappa shape index (κ1) is 16.8. The number of hydrogen-bond donors (Lipinski definition) is 1. The van der Waals surface area contributed by atoms with Crippen LogP contribution < -0.4 is 5.32 Å². The Hall–Kier alpha value is -2.70. The summed E-state index contributed by atoms with van der Waals surface area (Å²) in [6.07, 6.45) is 2.38. The summed E-state index contributed by atoms with van der Waals surface area (Å²) in [6, 6.07) is 5.78. The van der Waals surface area contributed by atoms with Crippen molar-refractivity contribution in [2.45, 2.75) is 44.9 Å². The third-order valence-corrected chi connectivity index (χ3v) is 5.42. The first-order valence-electron chi connectivity index (χ1n) is 8.93. The third kappa shape index (κ3) is 3.09. The molecule has 2 aromatic rings. The second kappa shape index (κ2) is 6.23. The van der Waals surface area contributed by atoms with Crippen LogP contribution in [0, 0.1) is 6.92 Å². The monoisotopic (exact) mass is 354 g/mol. The number of likely N-dealkylation sites (tertiary alicyclic amines) is 1. The van der Waals surface area contributed by atoms with E-state index in [1.807, 2.05) is 30.0 Å². The van der Waals surface area contributed by atoms with Gasteiger partial charge in [0.15, 0.2) is 5.82 Å². The number of rotatable bonds is 3. The lowest BCUT2D eigenvalue weighted by molar-refractivity contribution is -0.132. The van der Waals surface area contributed by atoms with Gasteiger partial charge in [0.1, 0.15) is 0 Å². The molecular formula is C19H22N4O3. The molecule has 2 aliphatic heterocycles. The van der Waals surface area contributed by atoms with Crippen molar-refractivity contribution >= 4 is 17.5 Å². The average molecular weight is 354 g/mol. The Morgan fingerprint density at radius 2 is 2.12 bits per heavy atom. The summed E-state index contributed by atoms with van der Waals surface area (Å²) in [6.45, 7) is 5.29. The van der Waals surface area contributed by atoms with Gasteiger partial charge in [0.25, 0.3) is 0 Å². The van der Waals surface area contributed by atoms with Crippen LogP contribution in [0.4, 0.5) is 5.69 Å². The average Bonchev–Trinajstić information content (AvgIpc) is 3.20. The molecule has 0 radical (unpaired) electrons. The molecule has 1 aromatic heterocycles. The van der Waals surface area contributed by atoms with Crippen LogP contribution in [0.3, 0.4) is 0 Å². The van der Waals surface area contributed by atoms with Crippen molar-refractivity contribution < 1.29 is 14.1 Å². The third-order valence-electron chi connectivity index (χ3n) is 5.42. The predicted molar refractivity (Wildman–Crippen MR) is 94.7 cm³/mol. The number of nitrogens with zero attached hydrogens (tertiary/aromatic N) is 3. The van der Waals surface area contributed by atoms with Gasteiger partial charge in [0.2, 0.25) is 17.7 Å². The molecule has 0 unspecified atom stereocenters. The molecule has 0 aliphatic carbocycles. The molecule has 136 valence electrons. The molecule has 1 fully saturated rings. The maximum absolute atomic E-state index is 12.7. The van der Waals surface area contributed by atoms with E-state index in [-0.39, 0.29) is 17.2 Å². The quantitative estimate of drug-likeness (QED) is 0.911. The number of benzene rings is 1. The molecule has 7 heteroatoms. The van der Waals surface area contributed by atoms with E-state index < -0.39 is 0 Å². The summed E-state index contributed by atoms with van der Waals surface area (Å²) < 4.78 is 5.35. The zero-order valence-electron chi connectivity index (χ0n) is 15.0. The van der Waals surface area contributed by atoms with Gasteiger partial charge >= 0.3 is 0 Å². The van der Waals surface area contributed by atoms with Crippen LogP contribution in [0.2, 0.25) is 0 Å². The fourth-order valence-electron chi connectivity index (χ4n) is 3.66. The zero-order valence-corrected chi connectivity index (χ0v) is 15.0. The lowest BCUT2D eigenvalue weighted by atomic mass is 9.80. The summed E-state index contributed by atoms with van der Waals surface area (Å²) in [4.78, 5) is 30.4.